The zero-order valence-corrected chi connectivity index (χ0v) is 34.9. The summed E-state index contributed by atoms with van der Waals surface area (Å²) in [6.07, 6.45) is 45.4. The van der Waals surface area contributed by atoms with Gasteiger partial charge in [0.25, 0.3) is 0 Å². The van der Waals surface area contributed by atoms with Crippen molar-refractivity contribution in [3.05, 3.63) is 35.6 Å². The highest BCUT2D eigenvalue weighted by Crippen LogP contribution is 2.24. The molecule has 6 nitrogen and oxygen atoms in total. The first kappa shape index (κ1) is 47.9. The molecule has 0 radical (unpaired) electrons. The quantitative estimate of drug-likeness (QED) is 0.0364. The average Bonchev–Trinajstić information content (AvgIpc) is 3.14. The molecule has 1 aliphatic heterocycles. The maximum atomic E-state index is 13.2. The van der Waals surface area contributed by atoms with Crippen molar-refractivity contribution in [1.29, 1.82) is 0 Å². The Hall–Kier alpha value is -2.08. The third-order valence-electron chi connectivity index (χ3n) is 10.3. The van der Waals surface area contributed by atoms with Crippen LogP contribution in [0.5, 0.6) is 0 Å². The van der Waals surface area contributed by atoms with E-state index in [2.05, 4.69) is 48.0 Å². The van der Waals surface area contributed by atoms with Crippen molar-refractivity contribution in [2.75, 3.05) is 39.5 Å². The Kier molecular flexibility index (Phi) is 33.1. The number of unbranched alkanes of at least 4 members (excludes halogenated alkanes) is 24. The minimum atomic E-state index is -0.396. The van der Waals surface area contributed by atoms with Crippen molar-refractivity contribution < 1.29 is 19.1 Å². The number of rotatable bonds is 36. The van der Waals surface area contributed by atoms with E-state index in [1.165, 1.54) is 161 Å². The Bertz CT molecular complexity index is 943. The summed E-state index contributed by atoms with van der Waals surface area (Å²) in [5, 5.41) is 0. The molecule has 302 valence electrons. The molecular weight excluding hydrogens is 645 g/mol. The number of esters is 2. The average molecular weight is 729 g/mol. The van der Waals surface area contributed by atoms with Crippen molar-refractivity contribution in [3.63, 3.8) is 0 Å². The van der Waals surface area contributed by atoms with Gasteiger partial charge in [0, 0.05) is 19.6 Å². The zero-order chi connectivity index (χ0) is 37.7. The topological polar surface area (TPSA) is 59.1 Å². The van der Waals surface area contributed by atoms with Gasteiger partial charge in [-0.05, 0) is 78.1 Å². The summed E-state index contributed by atoms with van der Waals surface area (Å²) in [5.74, 6) is -0.783. The molecule has 0 aromatic rings. The molecule has 6 heteroatoms. The Morgan fingerprint density at radius 3 is 1.27 bits per heavy atom. The number of ether oxygens (including phenoxy) is 2. The largest absolute Gasteiger partial charge is 0.463 e. The van der Waals surface area contributed by atoms with Crippen molar-refractivity contribution in [1.82, 2.24) is 9.80 Å². The first-order valence-corrected chi connectivity index (χ1v) is 22.4. The van der Waals surface area contributed by atoms with E-state index in [-0.39, 0.29) is 5.97 Å². The lowest BCUT2D eigenvalue weighted by Gasteiger charge is -2.38. The molecule has 0 bridgehead atoms. The Balaban J connectivity index is 2.41. The van der Waals surface area contributed by atoms with E-state index in [4.69, 9.17) is 9.47 Å². The summed E-state index contributed by atoms with van der Waals surface area (Å²) in [5.41, 5.74) is 0.881. The van der Waals surface area contributed by atoms with Gasteiger partial charge in [0.15, 0.2) is 0 Å². The van der Waals surface area contributed by atoms with E-state index in [1.807, 2.05) is 13.8 Å². The fourth-order valence-electron chi connectivity index (χ4n) is 7.15. The van der Waals surface area contributed by atoms with Gasteiger partial charge in [0.2, 0.25) is 0 Å². The molecule has 0 amide bonds. The van der Waals surface area contributed by atoms with Crippen LogP contribution in [0, 0.1) is 0 Å². The zero-order valence-electron chi connectivity index (χ0n) is 34.9. The molecule has 1 rings (SSSR count). The van der Waals surface area contributed by atoms with Crippen LogP contribution in [0.3, 0.4) is 0 Å². The van der Waals surface area contributed by atoms with Gasteiger partial charge in [-0.1, -0.05) is 154 Å². The van der Waals surface area contributed by atoms with Crippen LogP contribution in [0.15, 0.2) is 35.6 Å². The Morgan fingerprint density at radius 2 is 0.846 bits per heavy atom. The van der Waals surface area contributed by atoms with Crippen LogP contribution in [0.1, 0.15) is 207 Å². The van der Waals surface area contributed by atoms with Crippen LogP contribution in [0.2, 0.25) is 0 Å². The van der Waals surface area contributed by atoms with Crippen LogP contribution in [0.4, 0.5) is 0 Å². The standard InChI is InChI=1S/C46H84N2O4/c1-5-9-11-13-15-17-19-21-23-25-27-29-31-33-35-37-39-47-41-43(45(49)51-7-3)44(46(50)52-8-4)48(42-47)40-38-36-34-32-30-28-26-24-22-20-18-16-14-12-10-6-2/h21-24H,5-20,25-42H2,1-4H3/b23-21-,24-22-. The molecular formula is C46H84N2O4. The first-order valence-electron chi connectivity index (χ1n) is 22.4. The summed E-state index contributed by atoms with van der Waals surface area (Å²) in [6, 6.07) is 0. The number of nitrogens with zero attached hydrogens (tertiary/aromatic N) is 2. The first-order chi connectivity index (χ1) is 25.6. The van der Waals surface area contributed by atoms with Gasteiger partial charge in [0.1, 0.15) is 5.70 Å². The van der Waals surface area contributed by atoms with Crippen molar-refractivity contribution in [2.24, 2.45) is 0 Å². The second kappa shape index (κ2) is 35.9. The molecule has 0 N–H and O–H groups in total. The van der Waals surface area contributed by atoms with E-state index in [0.29, 0.717) is 37.7 Å². The summed E-state index contributed by atoms with van der Waals surface area (Å²) in [6.45, 7) is 11.6. The van der Waals surface area contributed by atoms with E-state index < -0.39 is 5.97 Å². The van der Waals surface area contributed by atoms with E-state index in [1.54, 1.807) is 0 Å². The molecule has 0 saturated heterocycles. The monoisotopic (exact) mass is 729 g/mol. The molecule has 0 fully saturated rings. The third-order valence-corrected chi connectivity index (χ3v) is 10.3. The van der Waals surface area contributed by atoms with Crippen LogP contribution < -0.4 is 0 Å². The van der Waals surface area contributed by atoms with Gasteiger partial charge in [0.05, 0.1) is 25.5 Å². The van der Waals surface area contributed by atoms with Crippen molar-refractivity contribution in [3.8, 4) is 0 Å². The molecule has 52 heavy (non-hydrogen) atoms. The Morgan fingerprint density at radius 1 is 0.481 bits per heavy atom. The van der Waals surface area contributed by atoms with Crippen LogP contribution in [-0.4, -0.2) is 61.3 Å². The lowest BCUT2D eigenvalue weighted by molar-refractivity contribution is -0.144. The maximum absolute atomic E-state index is 13.2. The summed E-state index contributed by atoms with van der Waals surface area (Å²) >= 11 is 0. The van der Waals surface area contributed by atoms with Crippen molar-refractivity contribution in [2.45, 2.75) is 207 Å². The number of allylic oxidation sites excluding steroid dienone is 4. The van der Waals surface area contributed by atoms with Crippen LogP contribution in [0.25, 0.3) is 0 Å². The highest BCUT2D eigenvalue weighted by molar-refractivity contribution is 6.00. The molecule has 0 aromatic heterocycles. The second-order valence-electron chi connectivity index (χ2n) is 15.1. The van der Waals surface area contributed by atoms with Crippen LogP contribution >= 0.6 is 0 Å². The normalized spacial score (nSPS) is 14.0. The number of hydrogen-bond acceptors (Lipinski definition) is 6. The predicted molar refractivity (Wildman–Crippen MR) is 222 cm³/mol. The summed E-state index contributed by atoms with van der Waals surface area (Å²) < 4.78 is 10.9. The maximum Gasteiger partial charge on any atom is 0.355 e. The molecule has 0 saturated carbocycles. The molecule has 0 aliphatic carbocycles. The van der Waals surface area contributed by atoms with Gasteiger partial charge in [-0.3, -0.25) is 4.90 Å². The number of carbonyl (C=O) groups excluding carboxylic acids is 2. The van der Waals surface area contributed by atoms with E-state index in [9.17, 15) is 9.59 Å². The van der Waals surface area contributed by atoms with Crippen molar-refractivity contribution >= 4 is 11.9 Å². The fraction of sp³-hybridized carbons (Fsp3) is 0.826. The molecule has 0 aromatic carbocycles. The molecule has 1 aliphatic rings. The van der Waals surface area contributed by atoms with Gasteiger partial charge < -0.3 is 14.4 Å². The van der Waals surface area contributed by atoms with Gasteiger partial charge in [-0.15, -0.1) is 0 Å². The predicted octanol–water partition coefficient (Wildman–Crippen LogP) is 13.0. The second-order valence-corrected chi connectivity index (χ2v) is 15.1. The lowest BCUT2D eigenvalue weighted by Crippen LogP contribution is -2.48. The fourth-order valence-corrected chi connectivity index (χ4v) is 7.15. The smallest absolute Gasteiger partial charge is 0.355 e. The number of carbonyl (C=O) groups is 2. The van der Waals surface area contributed by atoms with Crippen LogP contribution in [-0.2, 0) is 19.1 Å². The van der Waals surface area contributed by atoms with Gasteiger partial charge >= 0.3 is 11.9 Å². The third kappa shape index (κ3) is 25.8. The molecule has 1 heterocycles. The van der Waals surface area contributed by atoms with Gasteiger partial charge in [-0.2, -0.15) is 0 Å². The molecule has 0 unspecified atom stereocenters. The lowest BCUT2D eigenvalue weighted by atomic mass is 10.1. The molecule has 0 atom stereocenters. The number of hydrogen-bond donors (Lipinski definition) is 0. The SMILES string of the molecule is CCCCCCCC/C=C\CCCCCCCCN1CC(C(=O)OCC)=C(C(=O)OCC)N(CCCCCCCC/C=C\CCCCCCCC)C1. The van der Waals surface area contributed by atoms with E-state index >= 15 is 0 Å². The Labute approximate surface area is 322 Å². The molecule has 0 spiro atoms. The van der Waals surface area contributed by atoms with E-state index in [0.717, 1.165) is 32.4 Å². The highest BCUT2D eigenvalue weighted by atomic mass is 16.5. The highest BCUT2D eigenvalue weighted by Gasteiger charge is 2.34. The minimum Gasteiger partial charge on any atom is -0.463 e. The minimum absolute atomic E-state index is 0.291. The summed E-state index contributed by atoms with van der Waals surface area (Å²) in [7, 11) is 0. The van der Waals surface area contributed by atoms with Gasteiger partial charge in [-0.25, -0.2) is 9.59 Å². The summed E-state index contributed by atoms with van der Waals surface area (Å²) in [4.78, 5) is 30.7.